The first-order chi connectivity index (χ1) is 9.52. The van der Waals surface area contributed by atoms with Gasteiger partial charge in [-0.1, -0.05) is 13.8 Å². The third-order valence-electron chi connectivity index (χ3n) is 3.77. The van der Waals surface area contributed by atoms with Crippen LogP contribution < -0.4 is 10.6 Å². The van der Waals surface area contributed by atoms with Crippen LogP contribution in [0.15, 0.2) is 6.33 Å². The van der Waals surface area contributed by atoms with Crippen LogP contribution in [0.3, 0.4) is 0 Å². The van der Waals surface area contributed by atoms with Crippen LogP contribution in [-0.2, 0) is 22.5 Å². The quantitative estimate of drug-likeness (QED) is 0.713. The molecule has 1 aliphatic rings. The third kappa shape index (κ3) is 3.80. The molecule has 0 fully saturated rings. The highest BCUT2D eigenvalue weighted by molar-refractivity contribution is 5.82. The number of rotatable bonds is 6. The fourth-order valence-electron chi connectivity index (χ4n) is 2.27. The second-order valence-electron chi connectivity index (χ2n) is 6.09. The summed E-state index contributed by atoms with van der Waals surface area (Å²) in [5, 5.41) is 6.26. The van der Waals surface area contributed by atoms with Crippen molar-refractivity contribution in [3.05, 3.63) is 17.7 Å². The van der Waals surface area contributed by atoms with Gasteiger partial charge >= 0.3 is 0 Å². The first-order valence-corrected chi connectivity index (χ1v) is 7.03. The molecule has 0 spiro atoms. The summed E-state index contributed by atoms with van der Waals surface area (Å²) in [6.45, 7) is 6.29. The summed E-state index contributed by atoms with van der Waals surface area (Å²) < 4.78 is 5.09. The standard InChI is InChI=1S/C14H24N4O2/c1-14(2,4-5-20-3)8-16-13(19)11-6-10-12(7-15-11)18-9-17-10/h9,11,15H,4-8H2,1-3H3,(H,16,19)(H,17,18). The van der Waals surface area contributed by atoms with E-state index in [4.69, 9.17) is 4.74 Å². The maximum Gasteiger partial charge on any atom is 0.237 e. The lowest BCUT2D eigenvalue weighted by Crippen LogP contribution is -2.49. The van der Waals surface area contributed by atoms with Crippen molar-refractivity contribution in [1.29, 1.82) is 0 Å². The van der Waals surface area contributed by atoms with Crippen LogP contribution >= 0.6 is 0 Å². The zero-order valence-corrected chi connectivity index (χ0v) is 12.5. The lowest BCUT2D eigenvalue weighted by Gasteiger charge is -2.27. The smallest absolute Gasteiger partial charge is 0.237 e. The molecule has 6 nitrogen and oxygen atoms in total. The maximum absolute atomic E-state index is 12.2. The molecule has 0 aliphatic carbocycles. The highest BCUT2D eigenvalue weighted by atomic mass is 16.5. The zero-order valence-electron chi connectivity index (χ0n) is 12.5. The van der Waals surface area contributed by atoms with Crippen LogP contribution in [0, 0.1) is 5.41 Å². The topological polar surface area (TPSA) is 79.0 Å². The van der Waals surface area contributed by atoms with Crippen LogP contribution in [0.25, 0.3) is 0 Å². The van der Waals surface area contributed by atoms with Crippen molar-refractivity contribution in [2.75, 3.05) is 20.3 Å². The third-order valence-corrected chi connectivity index (χ3v) is 3.77. The van der Waals surface area contributed by atoms with Gasteiger partial charge in [0.15, 0.2) is 0 Å². The Balaban J connectivity index is 1.81. The number of amides is 1. The van der Waals surface area contributed by atoms with E-state index in [-0.39, 0.29) is 17.4 Å². The minimum Gasteiger partial charge on any atom is -0.385 e. The average molecular weight is 280 g/mol. The Morgan fingerprint density at radius 1 is 1.60 bits per heavy atom. The Labute approximate surface area is 119 Å². The van der Waals surface area contributed by atoms with Gasteiger partial charge in [0.1, 0.15) is 0 Å². The molecule has 1 atom stereocenters. The number of ether oxygens (including phenoxy) is 1. The van der Waals surface area contributed by atoms with Crippen molar-refractivity contribution in [1.82, 2.24) is 20.6 Å². The van der Waals surface area contributed by atoms with Crippen LogP contribution in [-0.4, -0.2) is 42.2 Å². The second kappa shape index (κ2) is 6.37. The van der Waals surface area contributed by atoms with Crippen molar-refractivity contribution in [3.8, 4) is 0 Å². The number of carbonyl (C=O) groups excluding carboxylic acids is 1. The maximum atomic E-state index is 12.2. The van der Waals surface area contributed by atoms with Gasteiger partial charge in [0.25, 0.3) is 0 Å². The molecule has 1 aliphatic heterocycles. The Morgan fingerprint density at radius 2 is 2.40 bits per heavy atom. The Kier molecular flexibility index (Phi) is 4.77. The van der Waals surface area contributed by atoms with Crippen molar-refractivity contribution in [2.24, 2.45) is 5.41 Å². The van der Waals surface area contributed by atoms with Gasteiger partial charge in [-0.25, -0.2) is 4.98 Å². The number of hydrogen-bond donors (Lipinski definition) is 3. The average Bonchev–Trinajstić information content (AvgIpc) is 2.90. The van der Waals surface area contributed by atoms with Gasteiger partial charge in [-0.2, -0.15) is 0 Å². The predicted octanol–water partition coefficient (Wildman–Crippen LogP) is 0.603. The molecule has 0 bridgehead atoms. The van der Waals surface area contributed by atoms with Gasteiger partial charge in [0, 0.05) is 33.2 Å². The van der Waals surface area contributed by atoms with Crippen LogP contribution in [0.5, 0.6) is 0 Å². The first-order valence-electron chi connectivity index (χ1n) is 7.03. The van der Waals surface area contributed by atoms with Gasteiger partial charge < -0.3 is 15.0 Å². The number of nitrogens with one attached hydrogen (secondary N) is 3. The Bertz CT molecular complexity index is 456. The van der Waals surface area contributed by atoms with Gasteiger partial charge in [0.2, 0.25) is 5.91 Å². The highest BCUT2D eigenvalue weighted by Gasteiger charge is 2.27. The van der Waals surface area contributed by atoms with Crippen LogP contribution in [0.4, 0.5) is 0 Å². The van der Waals surface area contributed by atoms with Gasteiger partial charge in [-0.15, -0.1) is 0 Å². The summed E-state index contributed by atoms with van der Waals surface area (Å²) in [4.78, 5) is 19.5. The molecule has 3 N–H and O–H groups in total. The van der Waals surface area contributed by atoms with E-state index < -0.39 is 0 Å². The number of H-pyrrole nitrogens is 1. The lowest BCUT2D eigenvalue weighted by atomic mass is 9.89. The monoisotopic (exact) mass is 280 g/mol. The summed E-state index contributed by atoms with van der Waals surface area (Å²) in [5.41, 5.74) is 2.11. The van der Waals surface area contributed by atoms with E-state index >= 15 is 0 Å². The Hall–Kier alpha value is -1.40. The molecule has 0 saturated heterocycles. The Morgan fingerprint density at radius 3 is 3.15 bits per heavy atom. The fourth-order valence-corrected chi connectivity index (χ4v) is 2.27. The molecule has 20 heavy (non-hydrogen) atoms. The molecule has 1 aromatic rings. The van der Waals surface area contributed by atoms with E-state index in [9.17, 15) is 4.79 Å². The van der Waals surface area contributed by atoms with Crippen molar-refractivity contribution in [3.63, 3.8) is 0 Å². The molecule has 1 unspecified atom stereocenters. The molecule has 0 radical (unpaired) electrons. The minimum absolute atomic E-state index is 0.0395. The lowest BCUT2D eigenvalue weighted by molar-refractivity contribution is -0.123. The minimum atomic E-state index is -0.191. The largest absolute Gasteiger partial charge is 0.385 e. The van der Waals surface area contributed by atoms with Crippen molar-refractivity contribution < 1.29 is 9.53 Å². The summed E-state index contributed by atoms with van der Waals surface area (Å²) >= 11 is 0. The SMILES string of the molecule is COCCC(C)(C)CNC(=O)C1Cc2nc[nH]c2CN1. The number of methoxy groups -OCH3 is 1. The number of fused-ring (bicyclic) bond motifs is 1. The molecule has 112 valence electrons. The normalized spacial score (nSPS) is 18.6. The van der Waals surface area contributed by atoms with Gasteiger partial charge in [0.05, 0.1) is 23.8 Å². The van der Waals surface area contributed by atoms with E-state index in [2.05, 4.69) is 34.4 Å². The molecule has 0 saturated carbocycles. The fraction of sp³-hybridized carbons (Fsp3) is 0.714. The molecular weight excluding hydrogens is 256 g/mol. The number of aromatic amines is 1. The zero-order chi connectivity index (χ0) is 14.6. The summed E-state index contributed by atoms with van der Waals surface area (Å²) in [6, 6.07) is -0.191. The highest BCUT2D eigenvalue weighted by Crippen LogP contribution is 2.19. The molecular formula is C14H24N4O2. The van der Waals surface area contributed by atoms with E-state index in [0.29, 0.717) is 26.1 Å². The number of hydrogen-bond acceptors (Lipinski definition) is 4. The van der Waals surface area contributed by atoms with Crippen molar-refractivity contribution >= 4 is 5.91 Å². The van der Waals surface area contributed by atoms with Crippen LogP contribution in [0.2, 0.25) is 0 Å². The first kappa shape index (κ1) is 15.0. The number of carbonyl (C=O) groups is 1. The summed E-state index contributed by atoms with van der Waals surface area (Å²) in [7, 11) is 1.70. The molecule has 1 aromatic heterocycles. The number of imidazole rings is 1. The van der Waals surface area contributed by atoms with Gasteiger partial charge in [-0.3, -0.25) is 10.1 Å². The summed E-state index contributed by atoms with van der Waals surface area (Å²) in [6.07, 6.45) is 3.25. The number of aromatic nitrogens is 2. The van der Waals surface area contributed by atoms with Gasteiger partial charge in [-0.05, 0) is 11.8 Å². The molecule has 2 heterocycles. The second-order valence-corrected chi connectivity index (χ2v) is 6.09. The van der Waals surface area contributed by atoms with E-state index in [0.717, 1.165) is 17.8 Å². The van der Waals surface area contributed by atoms with Crippen molar-refractivity contribution in [2.45, 2.75) is 39.3 Å². The van der Waals surface area contributed by atoms with E-state index in [1.807, 2.05) is 0 Å². The summed E-state index contributed by atoms with van der Waals surface area (Å²) in [5.74, 6) is 0.0455. The molecule has 2 rings (SSSR count). The molecule has 6 heteroatoms. The van der Waals surface area contributed by atoms with E-state index in [1.54, 1.807) is 13.4 Å². The molecule has 0 aromatic carbocycles. The van der Waals surface area contributed by atoms with Crippen LogP contribution in [0.1, 0.15) is 31.7 Å². The number of nitrogens with zero attached hydrogens (tertiary/aromatic N) is 1. The predicted molar refractivity (Wildman–Crippen MR) is 76.2 cm³/mol. The van der Waals surface area contributed by atoms with E-state index in [1.165, 1.54) is 0 Å². The molecule has 1 amide bonds.